The van der Waals surface area contributed by atoms with Crippen molar-refractivity contribution in [2.75, 3.05) is 33.8 Å². The van der Waals surface area contributed by atoms with E-state index < -0.39 is 32.8 Å². The van der Waals surface area contributed by atoms with Crippen molar-refractivity contribution < 1.29 is 60.7 Å². The molecule has 0 bridgehead atoms. The van der Waals surface area contributed by atoms with Gasteiger partial charge in [-0.25, -0.2) is 8.42 Å². The van der Waals surface area contributed by atoms with Crippen molar-refractivity contribution in [1.29, 1.82) is 0 Å². The molecule has 296 valence electrons. The van der Waals surface area contributed by atoms with Crippen molar-refractivity contribution in [3.8, 4) is 28.9 Å². The monoisotopic (exact) mass is 791 g/mol. The van der Waals surface area contributed by atoms with Gasteiger partial charge < -0.3 is 38.4 Å². The predicted octanol–water partition coefficient (Wildman–Crippen LogP) is 4.69. The quantitative estimate of drug-likeness (QED) is 0.0916. The van der Waals surface area contributed by atoms with Crippen LogP contribution in [-0.2, 0) is 41.9 Å². The maximum absolute atomic E-state index is 13.3. The number of carbonyl (C=O) groups excluding carboxylic acids is 2. The van der Waals surface area contributed by atoms with E-state index in [0.29, 0.717) is 55.9 Å². The first-order valence-corrected chi connectivity index (χ1v) is 20.1. The zero-order chi connectivity index (χ0) is 38.8. The van der Waals surface area contributed by atoms with Gasteiger partial charge in [0.2, 0.25) is 13.6 Å². The van der Waals surface area contributed by atoms with Crippen LogP contribution in [0, 0.1) is 5.21 Å². The molecule has 0 radical (unpaired) electrons. The van der Waals surface area contributed by atoms with Gasteiger partial charge in [0.15, 0.2) is 23.0 Å². The molecule has 1 aliphatic carbocycles. The maximum Gasteiger partial charge on any atom is 0.414 e. The Hall–Kier alpha value is -5.55. The van der Waals surface area contributed by atoms with E-state index >= 15 is 0 Å². The average molecular weight is 792 g/mol. The summed E-state index contributed by atoms with van der Waals surface area (Å²) in [6.45, 7) is 1.28. The maximum atomic E-state index is 13.3. The Morgan fingerprint density at radius 1 is 0.875 bits per heavy atom. The molecule has 0 fully saturated rings. The number of nitrogens with zero attached hydrogens (tertiary/aromatic N) is 3. The van der Waals surface area contributed by atoms with Gasteiger partial charge in [0.05, 0.1) is 23.3 Å². The van der Waals surface area contributed by atoms with Crippen LogP contribution in [0.15, 0.2) is 69.1 Å². The summed E-state index contributed by atoms with van der Waals surface area (Å²) in [6.07, 6.45) is 3.00. The third-order valence-electron chi connectivity index (χ3n) is 10.5. The molecule has 3 aliphatic heterocycles. The van der Waals surface area contributed by atoms with Gasteiger partial charge in [-0.1, -0.05) is 24.3 Å². The Bertz CT molecular complexity index is 2210. The Balaban J connectivity index is 0.785. The summed E-state index contributed by atoms with van der Waals surface area (Å²) in [7, 11) is -2.14. The van der Waals surface area contributed by atoms with Crippen molar-refractivity contribution in [3.63, 3.8) is 0 Å². The van der Waals surface area contributed by atoms with Crippen LogP contribution in [0.25, 0.3) is 0 Å². The minimum absolute atomic E-state index is 0.0625. The molecule has 0 unspecified atom stereocenters. The van der Waals surface area contributed by atoms with Crippen LogP contribution in [-0.4, -0.2) is 70.4 Å². The summed E-state index contributed by atoms with van der Waals surface area (Å²) in [6, 6.07) is 15.4. The molecule has 0 saturated carbocycles. The Kier molecular flexibility index (Phi) is 10.6. The van der Waals surface area contributed by atoms with E-state index in [1.165, 1.54) is 12.1 Å². The van der Waals surface area contributed by atoms with E-state index in [0.717, 1.165) is 28.0 Å². The lowest BCUT2D eigenvalue weighted by molar-refractivity contribution is -0.832. The molecule has 1 aromatic heterocycles. The zero-order valence-corrected chi connectivity index (χ0v) is 31.5. The highest BCUT2D eigenvalue weighted by molar-refractivity contribution is 7.91. The number of sulfone groups is 1. The number of fused-ring (bicyclic) bond motifs is 8. The van der Waals surface area contributed by atoms with Gasteiger partial charge in [-0.15, -0.1) is 0 Å². The lowest BCUT2D eigenvalue weighted by atomic mass is 9.70. The molecule has 8 rings (SSSR count). The first-order valence-electron chi connectivity index (χ1n) is 18.6. The van der Waals surface area contributed by atoms with E-state index in [4.69, 9.17) is 33.2 Å². The van der Waals surface area contributed by atoms with E-state index in [-0.39, 0.29) is 73.8 Å². The Morgan fingerprint density at radius 3 is 2.43 bits per heavy atom. The van der Waals surface area contributed by atoms with Crippen molar-refractivity contribution in [3.05, 3.63) is 82.1 Å². The molecule has 56 heavy (non-hydrogen) atoms. The van der Waals surface area contributed by atoms with E-state index in [1.54, 1.807) is 18.2 Å². The largest absolute Gasteiger partial charge is 0.466 e. The number of hydrogen-bond acceptors (Lipinski definition) is 15. The minimum Gasteiger partial charge on any atom is -0.466 e. The number of ether oxygens (including phenoxy) is 7. The van der Waals surface area contributed by atoms with Gasteiger partial charge in [-0.2, -0.15) is 0 Å². The number of aromatic nitrogens is 2. The van der Waals surface area contributed by atoms with Crippen LogP contribution in [0.5, 0.6) is 28.9 Å². The first kappa shape index (κ1) is 37.4. The summed E-state index contributed by atoms with van der Waals surface area (Å²) in [5, 5.41) is 14.8. The van der Waals surface area contributed by atoms with E-state index in [1.807, 2.05) is 18.2 Å². The second kappa shape index (κ2) is 15.9. The molecular formula is C39H41N3O13S. The molecule has 3 atom stereocenters. The van der Waals surface area contributed by atoms with Crippen LogP contribution in [0.3, 0.4) is 0 Å². The van der Waals surface area contributed by atoms with Crippen molar-refractivity contribution in [1.82, 2.24) is 10.1 Å². The molecule has 4 aliphatic rings. The first-order chi connectivity index (χ1) is 27.2. The number of hydrogen-bond donors (Lipinski definition) is 0. The topological polar surface area (TPSA) is 189 Å². The minimum atomic E-state index is -4.19. The van der Waals surface area contributed by atoms with Crippen molar-refractivity contribution >= 4 is 21.8 Å². The summed E-state index contributed by atoms with van der Waals surface area (Å²) in [4.78, 5) is 27.8. The highest BCUT2D eigenvalue weighted by atomic mass is 32.2. The lowest BCUT2D eigenvalue weighted by Gasteiger charge is -2.47. The smallest absolute Gasteiger partial charge is 0.414 e. The van der Waals surface area contributed by atoms with Crippen LogP contribution in [0.4, 0.5) is 0 Å². The average Bonchev–Trinajstić information content (AvgIpc) is 3.95. The zero-order valence-electron chi connectivity index (χ0n) is 30.7. The molecular weight excluding hydrogens is 751 g/mol. The fourth-order valence-corrected chi connectivity index (χ4v) is 9.18. The van der Waals surface area contributed by atoms with E-state index in [9.17, 15) is 23.2 Å². The fourth-order valence-electron chi connectivity index (χ4n) is 7.89. The molecule has 0 saturated heterocycles. The number of likely N-dealkylation sites (N-methyl/N-ethyl adjacent to an activating group) is 1. The van der Waals surface area contributed by atoms with Crippen molar-refractivity contribution in [2.45, 2.75) is 85.9 Å². The number of benzene rings is 3. The van der Waals surface area contributed by atoms with Gasteiger partial charge in [-0.05, 0) is 91.1 Å². The predicted molar refractivity (Wildman–Crippen MR) is 192 cm³/mol. The van der Waals surface area contributed by atoms with Crippen LogP contribution in [0.2, 0.25) is 0 Å². The third kappa shape index (κ3) is 7.40. The number of carbonyl (C=O) groups is 2. The standard InChI is InChI=1S/C39H41N3O13S/c1-41-21-28-26(14-15-29-37(28)53-23-50-29)35-32(19-24-18-30-31(52-22-51-30)20-27(24)36(35)41)54-34(44)13-9-12-33(43)48-16-7-2-3-8-17-49-38-39(42(45)55-40-38)56(46,47)25-10-5-4-6-11-25/h4-6,10-11,14-15,18,20,32,35-36H,2-3,7-9,12-13,16-17,19,21-23H2,1H3/t32-,35-,36+/m0/s1. The second-order valence-corrected chi connectivity index (χ2v) is 15.9. The summed E-state index contributed by atoms with van der Waals surface area (Å²) >= 11 is 0. The number of rotatable bonds is 15. The highest BCUT2D eigenvalue weighted by Gasteiger charge is 2.47. The summed E-state index contributed by atoms with van der Waals surface area (Å²) in [5.74, 6) is 1.47. The molecule has 0 spiro atoms. The highest BCUT2D eigenvalue weighted by Crippen LogP contribution is 2.55. The molecule has 17 heteroatoms. The van der Waals surface area contributed by atoms with Crippen LogP contribution >= 0.6 is 0 Å². The second-order valence-electron chi connectivity index (χ2n) is 14.1. The fraction of sp³-hybridized carbons (Fsp3) is 0.436. The van der Waals surface area contributed by atoms with Gasteiger partial charge in [0, 0.05) is 43.3 Å². The number of esters is 2. The lowest BCUT2D eigenvalue weighted by Crippen LogP contribution is -2.45. The van der Waals surface area contributed by atoms with Gasteiger partial charge in [0.1, 0.15) is 6.10 Å². The number of unbranched alkanes of at least 4 members (excludes halogenated alkanes) is 3. The normalized spacial score (nSPS) is 19.1. The molecule has 4 aromatic rings. The van der Waals surface area contributed by atoms with E-state index in [2.05, 4.69) is 27.8 Å². The van der Waals surface area contributed by atoms with Crippen LogP contribution < -0.4 is 28.6 Å². The SMILES string of the molecule is CN1Cc2c(ccc3c2OCO3)[C@H]2[C@@H](OC(=O)CCCC(=O)OCCCCCCOc3no[n+]([O-])c3S(=O)(=O)c3ccccc3)Cc3cc4c(cc3[C@H]21)OCO4. The molecule has 0 amide bonds. The van der Waals surface area contributed by atoms with Crippen LogP contribution in [0.1, 0.15) is 79.2 Å². The Morgan fingerprint density at radius 2 is 1.61 bits per heavy atom. The molecule has 4 heterocycles. The van der Waals surface area contributed by atoms with Gasteiger partial charge in [0.25, 0.3) is 9.84 Å². The van der Waals surface area contributed by atoms with Crippen molar-refractivity contribution in [2.24, 2.45) is 0 Å². The van der Waals surface area contributed by atoms with Gasteiger partial charge >= 0.3 is 22.8 Å². The Labute approximate surface area is 322 Å². The summed E-state index contributed by atoms with van der Waals surface area (Å²) < 4.78 is 70.3. The molecule has 0 N–H and O–H groups in total. The third-order valence-corrected chi connectivity index (χ3v) is 12.2. The summed E-state index contributed by atoms with van der Waals surface area (Å²) in [5.41, 5.74) is 4.24. The van der Waals surface area contributed by atoms with Gasteiger partial charge in [-0.3, -0.25) is 19.1 Å². The molecule has 3 aromatic carbocycles. The molecule has 16 nitrogen and oxygen atoms in total.